The zero-order valence-electron chi connectivity index (χ0n) is 6.19. The molecule has 5 heteroatoms. The van der Waals surface area contributed by atoms with Crippen LogP contribution < -0.4 is 0 Å². The summed E-state index contributed by atoms with van der Waals surface area (Å²) in [7, 11) is 0. The molecule has 1 rings (SSSR count). The average Bonchev–Trinajstić information content (AvgIpc) is 2.03. The lowest BCUT2D eigenvalue weighted by Crippen LogP contribution is -2.07. The van der Waals surface area contributed by atoms with E-state index in [2.05, 4.69) is 15.9 Å². The van der Waals surface area contributed by atoms with E-state index in [1.807, 2.05) is 0 Å². The minimum Gasteiger partial charge on any atom is -0.192 e. The fourth-order valence-electron chi connectivity index (χ4n) is 0.848. The van der Waals surface area contributed by atoms with E-state index < -0.39 is 11.7 Å². The molecule has 0 unspecified atom stereocenters. The summed E-state index contributed by atoms with van der Waals surface area (Å²) in [5, 5.41) is 8.41. The molecule has 0 spiro atoms. The number of nitriles is 1. The Balaban J connectivity index is 3.35. The first-order valence-corrected chi connectivity index (χ1v) is 4.01. The van der Waals surface area contributed by atoms with Crippen LogP contribution in [0.4, 0.5) is 13.2 Å². The van der Waals surface area contributed by atoms with Gasteiger partial charge >= 0.3 is 6.18 Å². The van der Waals surface area contributed by atoms with Crippen molar-refractivity contribution in [2.24, 2.45) is 0 Å². The van der Waals surface area contributed by atoms with Crippen LogP contribution >= 0.6 is 15.9 Å². The van der Waals surface area contributed by atoms with E-state index in [4.69, 9.17) is 5.26 Å². The number of nitrogens with zero attached hydrogens (tertiary/aromatic N) is 1. The number of hydrogen-bond donors (Lipinski definition) is 0. The Bertz CT molecular complexity index is 365. The quantitative estimate of drug-likeness (QED) is 0.692. The van der Waals surface area contributed by atoms with Gasteiger partial charge in [-0.25, -0.2) is 0 Å². The van der Waals surface area contributed by atoms with Crippen molar-refractivity contribution in [1.29, 1.82) is 5.26 Å². The number of rotatable bonds is 0. The number of alkyl halides is 3. The lowest BCUT2D eigenvalue weighted by molar-refractivity contribution is -0.137. The fraction of sp³-hybridized carbons (Fsp3) is 0.125. The van der Waals surface area contributed by atoms with E-state index in [0.717, 1.165) is 12.1 Å². The van der Waals surface area contributed by atoms with Crippen molar-refractivity contribution in [3.63, 3.8) is 0 Å². The standard InChI is InChI=1S/C8H3BrF3N/c9-6-2-1-5(4-13)7(3-6)8(10,11)12/h1-3H. The van der Waals surface area contributed by atoms with Crippen molar-refractivity contribution in [1.82, 2.24) is 0 Å². The van der Waals surface area contributed by atoms with Gasteiger partial charge in [-0.3, -0.25) is 0 Å². The number of benzene rings is 1. The van der Waals surface area contributed by atoms with Gasteiger partial charge in [-0.15, -0.1) is 0 Å². The van der Waals surface area contributed by atoms with Crippen LogP contribution in [0, 0.1) is 11.3 Å². The second kappa shape index (κ2) is 3.38. The Labute approximate surface area is 80.9 Å². The predicted molar refractivity (Wildman–Crippen MR) is 43.9 cm³/mol. The molecule has 13 heavy (non-hydrogen) atoms. The molecule has 0 aliphatic carbocycles. The van der Waals surface area contributed by atoms with E-state index in [9.17, 15) is 13.2 Å². The summed E-state index contributed by atoms with van der Waals surface area (Å²) in [6, 6.07) is 4.90. The zero-order valence-corrected chi connectivity index (χ0v) is 7.78. The second-order valence-corrected chi connectivity index (χ2v) is 3.22. The molecular weight excluding hydrogens is 247 g/mol. The molecule has 1 nitrogen and oxygen atoms in total. The van der Waals surface area contributed by atoms with Crippen LogP contribution in [0.5, 0.6) is 0 Å². The van der Waals surface area contributed by atoms with E-state index in [0.29, 0.717) is 4.47 Å². The molecule has 0 aliphatic rings. The van der Waals surface area contributed by atoms with Crippen LogP contribution in [0.15, 0.2) is 22.7 Å². The fourth-order valence-corrected chi connectivity index (χ4v) is 1.21. The van der Waals surface area contributed by atoms with Gasteiger partial charge in [-0.1, -0.05) is 15.9 Å². The lowest BCUT2D eigenvalue weighted by atomic mass is 10.1. The highest BCUT2D eigenvalue weighted by Gasteiger charge is 2.33. The smallest absolute Gasteiger partial charge is 0.192 e. The van der Waals surface area contributed by atoms with Crippen molar-refractivity contribution < 1.29 is 13.2 Å². The first-order valence-electron chi connectivity index (χ1n) is 3.22. The molecule has 0 bridgehead atoms. The topological polar surface area (TPSA) is 23.8 Å². The lowest BCUT2D eigenvalue weighted by Gasteiger charge is -2.08. The highest BCUT2D eigenvalue weighted by Crippen LogP contribution is 2.33. The summed E-state index contributed by atoms with van der Waals surface area (Å²) in [5.74, 6) is 0. The highest BCUT2D eigenvalue weighted by atomic mass is 79.9. The first kappa shape index (κ1) is 10.1. The van der Waals surface area contributed by atoms with Gasteiger partial charge < -0.3 is 0 Å². The van der Waals surface area contributed by atoms with E-state index in [1.54, 1.807) is 0 Å². The van der Waals surface area contributed by atoms with Crippen molar-refractivity contribution in [2.75, 3.05) is 0 Å². The van der Waals surface area contributed by atoms with Crippen molar-refractivity contribution in [3.8, 4) is 6.07 Å². The van der Waals surface area contributed by atoms with Crippen LogP contribution in [0.25, 0.3) is 0 Å². The predicted octanol–water partition coefficient (Wildman–Crippen LogP) is 3.34. The summed E-state index contributed by atoms with van der Waals surface area (Å²) in [6.45, 7) is 0. The number of hydrogen-bond acceptors (Lipinski definition) is 1. The van der Waals surface area contributed by atoms with Gasteiger partial charge in [0.15, 0.2) is 0 Å². The molecule has 0 saturated carbocycles. The van der Waals surface area contributed by atoms with Crippen LogP contribution in [0.3, 0.4) is 0 Å². The molecule has 0 aliphatic heterocycles. The zero-order chi connectivity index (χ0) is 10.1. The molecule has 0 radical (unpaired) electrons. The third-order valence-corrected chi connectivity index (χ3v) is 1.90. The van der Waals surface area contributed by atoms with Gasteiger partial charge in [0.25, 0.3) is 0 Å². The Kier molecular flexibility index (Phi) is 2.62. The molecule has 1 aromatic rings. The van der Waals surface area contributed by atoms with Crippen molar-refractivity contribution >= 4 is 15.9 Å². The normalized spacial score (nSPS) is 11.0. The molecule has 1 aromatic carbocycles. The summed E-state index contributed by atoms with van der Waals surface area (Å²) < 4.78 is 37.0. The van der Waals surface area contributed by atoms with E-state index in [-0.39, 0.29) is 5.56 Å². The highest BCUT2D eigenvalue weighted by molar-refractivity contribution is 9.10. The largest absolute Gasteiger partial charge is 0.417 e. The minimum atomic E-state index is -4.48. The third kappa shape index (κ3) is 2.22. The first-order chi connectivity index (χ1) is 5.95. The number of halogens is 4. The Morgan fingerprint density at radius 3 is 2.38 bits per heavy atom. The Hall–Kier alpha value is -1.02. The van der Waals surface area contributed by atoms with Crippen molar-refractivity contribution in [3.05, 3.63) is 33.8 Å². The van der Waals surface area contributed by atoms with E-state index >= 15 is 0 Å². The molecule has 0 saturated heterocycles. The molecule has 0 fully saturated rings. The van der Waals surface area contributed by atoms with Gasteiger partial charge in [0.1, 0.15) is 0 Å². The van der Waals surface area contributed by atoms with Crippen LogP contribution in [-0.2, 0) is 6.18 Å². The van der Waals surface area contributed by atoms with Crippen LogP contribution in [0.2, 0.25) is 0 Å². The monoisotopic (exact) mass is 249 g/mol. The Morgan fingerprint density at radius 2 is 1.92 bits per heavy atom. The molecular formula is C8H3BrF3N. The maximum absolute atomic E-state index is 12.2. The van der Waals surface area contributed by atoms with E-state index in [1.165, 1.54) is 12.1 Å². The summed E-state index contributed by atoms with van der Waals surface area (Å²) in [4.78, 5) is 0. The maximum atomic E-state index is 12.2. The molecule has 68 valence electrons. The Morgan fingerprint density at radius 1 is 1.31 bits per heavy atom. The van der Waals surface area contributed by atoms with Crippen molar-refractivity contribution in [2.45, 2.75) is 6.18 Å². The second-order valence-electron chi connectivity index (χ2n) is 2.30. The van der Waals surface area contributed by atoms with Gasteiger partial charge in [0.05, 0.1) is 17.2 Å². The summed E-state index contributed by atoms with van der Waals surface area (Å²) >= 11 is 2.91. The minimum absolute atomic E-state index is 0.304. The van der Waals surface area contributed by atoms with Crippen LogP contribution in [-0.4, -0.2) is 0 Å². The molecule has 0 N–H and O–H groups in total. The van der Waals surface area contributed by atoms with Gasteiger partial charge in [-0.05, 0) is 18.2 Å². The van der Waals surface area contributed by atoms with Gasteiger partial charge in [-0.2, -0.15) is 18.4 Å². The average molecular weight is 250 g/mol. The van der Waals surface area contributed by atoms with Gasteiger partial charge in [0.2, 0.25) is 0 Å². The molecule has 0 aromatic heterocycles. The van der Waals surface area contributed by atoms with Crippen LogP contribution in [0.1, 0.15) is 11.1 Å². The summed E-state index contributed by atoms with van der Waals surface area (Å²) in [5.41, 5.74) is -1.28. The molecule has 0 heterocycles. The molecule has 0 atom stereocenters. The maximum Gasteiger partial charge on any atom is 0.417 e. The third-order valence-electron chi connectivity index (χ3n) is 1.41. The molecule has 0 amide bonds. The summed E-state index contributed by atoms with van der Waals surface area (Å²) in [6.07, 6.45) is -4.48. The SMILES string of the molecule is N#Cc1ccc(Br)cc1C(F)(F)F. The van der Waals surface area contributed by atoms with Gasteiger partial charge in [0, 0.05) is 4.47 Å².